The van der Waals surface area contributed by atoms with Crippen LogP contribution in [0.4, 0.5) is 15.8 Å². The number of carbonyl (C=O) groups is 2. The summed E-state index contributed by atoms with van der Waals surface area (Å²) in [5.74, 6) is -1.78. The SMILES string of the molecule is O=C(NC[C@@H](c1cccnc1)N1CCN(c2ccccc2F)CC1)C(=O)Nc1ccccc1Cl. The van der Waals surface area contributed by atoms with Gasteiger partial charge in [-0.25, -0.2) is 4.39 Å². The maximum atomic E-state index is 14.2. The van der Waals surface area contributed by atoms with Gasteiger partial charge in [0.15, 0.2) is 0 Å². The van der Waals surface area contributed by atoms with Crippen LogP contribution in [0, 0.1) is 5.82 Å². The highest BCUT2D eigenvalue weighted by molar-refractivity contribution is 6.41. The highest BCUT2D eigenvalue weighted by Crippen LogP contribution is 2.25. The van der Waals surface area contributed by atoms with Crippen LogP contribution in [-0.4, -0.2) is 54.4 Å². The minimum atomic E-state index is -0.789. The van der Waals surface area contributed by atoms with E-state index >= 15 is 0 Å². The van der Waals surface area contributed by atoms with Crippen LogP contribution in [0.5, 0.6) is 0 Å². The Morgan fingerprint density at radius 1 is 0.971 bits per heavy atom. The number of benzene rings is 2. The summed E-state index contributed by atoms with van der Waals surface area (Å²) in [6.45, 7) is 2.82. The van der Waals surface area contributed by atoms with E-state index in [1.807, 2.05) is 23.1 Å². The van der Waals surface area contributed by atoms with Crippen molar-refractivity contribution in [2.24, 2.45) is 0 Å². The molecule has 0 saturated carbocycles. The molecule has 4 rings (SSSR count). The van der Waals surface area contributed by atoms with Gasteiger partial charge in [-0.3, -0.25) is 19.5 Å². The summed E-state index contributed by atoms with van der Waals surface area (Å²) in [5, 5.41) is 5.62. The number of para-hydroxylation sites is 2. The number of carbonyl (C=O) groups excluding carboxylic acids is 2. The lowest BCUT2D eigenvalue weighted by molar-refractivity contribution is -0.136. The zero-order chi connectivity index (χ0) is 23.9. The number of amides is 2. The van der Waals surface area contributed by atoms with Gasteiger partial charge in [-0.05, 0) is 35.9 Å². The molecule has 1 saturated heterocycles. The largest absolute Gasteiger partial charge is 0.367 e. The van der Waals surface area contributed by atoms with Crippen molar-refractivity contribution in [1.82, 2.24) is 15.2 Å². The smallest absolute Gasteiger partial charge is 0.313 e. The molecule has 0 spiro atoms. The molecule has 1 fully saturated rings. The third kappa shape index (κ3) is 5.70. The topological polar surface area (TPSA) is 77.6 Å². The second-order valence-corrected chi connectivity index (χ2v) is 8.33. The number of hydrogen-bond acceptors (Lipinski definition) is 5. The monoisotopic (exact) mass is 481 g/mol. The number of hydrogen-bond donors (Lipinski definition) is 2. The highest BCUT2D eigenvalue weighted by Gasteiger charge is 2.27. The van der Waals surface area contributed by atoms with Gasteiger partial charge in [-0.2, -0.15) is 0 Å². The molecule has 2 aromatic carbocycles. The molecular formula is C25H25ClFN5O2. The lowest BCUT2D eigenvalue weighted by atomic mass is 10.1. The van der Waals surface area contributed by atoms with Crippen molar-refractivity contribution >= 4 is 34.8 Å². The van der Waals surface area contributed by atoms with Crippen LogP contribution in [-0.2, 0) is 9.59 Å². The summed E-state index contributed by atoms with van der Waals surface area (Å²) in [5.41, 5.74) is 1.88. The molecule has 0 bridgehead atoms. The molecule has 2 N–H and O–H groups in total. The first-order chi connectivity index (χ1) is 16.5. The van der Waals surface area contributed by atoms with Gasteiger partial charge in [0.1, 0.15) is 5.82 Å². The molecule has 7 nitrogen and oxygen atoms in total. The third-order valence-corrected chi connectivity index (χ3v) is 6.13. The van der Waals surface area contributed by atoms with Crippen LogP contribution in [0.25, 0.3) is 0 Å². The zero-order valence-electron chi connectivity index (χ0n) is 18.5. The highest BCUT2D eigenvalue weighted by atomic mass is 35.5. The molecule has 2 heterocycles. The molecule has 1 aliphatic heterocycles. The molecule has 0 aliphatic carbocycles. The van der Waals surface area contributed by atoms with Crippen molar-refractivity contribution in [3.05, 3.63) is 89.5 Å². The Hall–Kier alpha value is -3.49. The van der Waals surface area contributed by atoms with Gasteiger partial charge >= 0.3 is 11.8 Å². The van der Waals surface area contributed by atoms with Crippen LogP contribution in [0.1, 0.15) is 11.6 Å². The number of piperazine rings is 1. The van der Waals surface area contributed by atoms with Crippen LogP contribution in [0.2, 0.25) is 5.02 Å². The van der Waals surface area contributed by atoms with Crippen molar-refractivity contribution in [3.8, 4) is 0 Å². The van der Waals surface area contributed by atoms with Gasteiger partial charge in [0.2, 0.25) is 0 Å². The molecule has 0 unspecified atom stereocenters. The third-order valence-electron chi connectivity index (χ3n) is 5.80. The van der Waals surface area contributed by atoms with Crippen molar-refractivity contribution in [3.63, 3.8) is 0 Å². The van der Waals surface area contributed by atoms with Gasteiger partial charge < -0.3 is 15.5 Å². The summed E-state index contributed by atoms with van der Waals surface area (Å²) in [6.07, 6.45) is 3.44. The van der Waals surface area contributed by atoms with Crippen LogP contribution in [0.3, 0.4) is 0 Å². The minimum absolute atomic E-state index is 0.187. The number of aromatic nitrogens is 1. The molecule has 9 heteroatoms. The Morgan fingerprint density at radius 3 is 2.41 bits per heavy atom. The van der Waals surface area contributed by atoms with Crippen LogP contribution < -0.4 is 15.5 Å². The number of nitrogens with zero attached hydrogens (tertiary/aromatic N) is 3. The Labute approximate surface area is 202 Å². The van der Waals surface area contributed by atoms with E-state index in [2.05, 4.69) is 20.5 Å². The molecular weight excluding hydrogens is 457 g/mol. The Balaban J connectivity index is 1.40. The van der Waals surface area contributed by atoms with Gasteiger partial charge in [0.05, 0.1) is 22.4 Å². The van der Waals surface area contributed by atoms with E-state index in [1.54, 1.807) is 48.8 Å². The molecule has 34 heavy (non-hydrogen) atoms. The first kappa shape index (κ1) is 23.7. The molecule has 0 radical (unpaired) electrons. The van der Waals surface area contributed by atoms with E-state index in [4.69, 9.17) is 11.6 Å². The fraction of sp³-hybridized carbons (Fsp3) is 0.240. The standard InChI is InChI=1S/C25H25ClFN5O2/c26-19-7-1-3-9-21(19)30-25(34)24(33)29-17-23(18-6-5-11-28-16-18)32-14-12-31(13-15-32)22-10-4-2-8-20(22)27/h1-11,16,23H,12-15,17H2,(H,29,33)(H,30,34)/t23-/m0/s1. The molecule has 176 valence electrons. The molecule has 2 amide bonds. The second-order valence-electron chi connectivity index (χ2n) is 7.92. The van der Waals surface area contributed by atoms with E-state index in [0.717, 1.165) is 5.56 Å². The van der Waals surface area contributed by atoms with Crippen LogP contribution in [0.15, 0.2) is 73.1 Å². The molecule has 3 aromatic rings. The van der Waals surface area contributed by atoms with E-state index < -0.39 is 11.8 Å². The second kappa shape index (κ2) is 11.1. The van der Waals surface area contributed by atoms with Gasteiger partial charge in [0.25, 0.3) is 0 Å². The number of nitrogens with one attached hydrogen (secondary N) is 2. The fourth-order valence-electron chi connectivity index (χ4n) is 4.02. The minimum Gasteiger partial charge on any atom is -0.367 e. The van der Waals surface area contributed by atoms with Crippen molar-refractivity contribution < 1.29 is 14.0 Å². The van der Waals surface area contributed by atoms with Gasteiger partial charge in [-0.15, -0.1) is 0 Å². The van der Waals surface area contributed by atoms with Crippen molar-refractivity contribution in [2.75, 3.05) is 42.9 Å². The summed E-state index contributed by atoms with van der Waals surface area (Å²) in [4.78, 5) is 33.3. The van der Waals surface area contributed by atoms with Gasteiger partial charge in [-0.1, -0.05) is 41.9 Å². The maximum absolute atomic E-state index is 14.2. The summed E-state index contributed by atoms with van der Waals surface area (Å²) in [6, 6.07) is 17.1. The van der Waals surface area contributed by atoms with Gasteiger partial charge in [0, 0.05) is 45.1 Å². The summed E-state index contributed by atoms with van der Waals surface area (Å²) < 4.78 is 14.2. The molecule has 1 aromatic heterocycles. The average Bonchev–Trinajstić information content (AvgIpc) is 2.87. The average molecular weight is 482 g/mol. The summed E-state index contributed by atoms with van der Waals surface area (Å²) in [7, 11) is 0. The van der Waals surface area contributed by atoms with Crippen molar-refractivity contribution in [1.29, 1.82) is 0 Å². The fourth-order valence-corrected chi connectivity index (χ4v) is 4.21. The first-order valence-corrected chi connectivity index (χ1v) is 11.4. The first-order valence-electron chi connectivity index (χ1n) is 11.0. The maximum Gasteiger partial charge on any atom is 0.313 e. The zero-order valence-corrected chi connectivity index (χ0v) is 19.2. The van der Waals surface area contributed by atoms with E-state index in [1.165, 1.54) is 6.07 Å². The normalized spacial score (nSPS) is 14.9. The Morgan fingerprint density at radius 2 is 1.71 bits per heavy atom. The number of halogens is 2. The summed E-state index contributed by atoms with van der Waals surface area (Å²) >= 11 is 6.06. The quantitative estimate of drug-likeness (QED) is 0.527. The van der Waals surface area contributed by atoms with Crippen molar-refractivity contribution in [2.45, 2.75) is 6.04 Å². The number of anilines is 2. The van der Waals surface area contributed by atoms with Crippen LogP contribution >= 0.6 is 11.6 Å². The Kier molecular flexibility index (Phi) is 7.72. The molecule has 1 aliphatic rings. The number of pyridine rings is 1. The van der Waals surface area contributed by atoms with E-state index in [9.17, 15) is 14.0 Å². The lowest BCUT2D eigenvalue weighted by Crippen LogP contribution is -2.50. The molecule has 1 atom stereocenters. The van der Waals surface area contributed by atoms with E-state index in [0.29, 0.717) is 42.6 Å². The number of rotatable bonds is 6. The Bertz CT molecular complexity index is 1140. The van der Waals surface area contributed by atoms with E-state index in [-0.39, 0.29) is 18.4 Å². The predicted octanol–water partition coefficient (Wildman–Crippen LogP) is 3.49. The lowest BCUT2D eigenvalue weighted by Gasteiger charge is -2.40. The predicted molar refractivity (Wildman–Crippen MR) is 130 cm³/mol.